The Labute approximate surface area is 185 Å². The van der Waals surface area contributed by atoms with Gasteiger partial charge in [0.05, 0.1) is 17.4 Å². The Morgan fingerprint density at radius 3 is 2.42 bits per heavy atom. The number of rotatable bonds is 4. The number of benzene rings is 2. The first-order valence-electron chi connectivity index (χ1n) is 10.1. The Bertz CT molecular complexity index is 1120. The molecule has 0 aromatic heterocycles. The van der Waals surface area contributed by atoms with Gasteiger partial charge in [0.2, 0.25) is 0 Å². The van der Waals surface area contributed by atoms with Gasteiger partial charge in [-0.05, 0) is 86.8 Å². The van der Waals surface area contributed by atoms with E-state index in [0.29, 0.717) is 23.0 Å². The average molecular weight is 440 g/mol. The molecule has 0 bridgehead atoms. The summed E-state index contributed by atoms with van der Waals surface area (Å²) < 4.78 is 12.4. The normalized spacial score (nSPS) is 20.5. The van der Waals surface area contributed by atoms with Gasteiger partial charge in [-0.2, -0.15) is 0 Å². The summed E-state index contributed by atoms with van der Waals surface area (Å²) in [5, 5.41) is 12.4. The van der Waals surface area contributed by atoms with Gasteiger partial charge in [-0.15, -0.1) is 0 Å². The second-order valence-corrected chi connectivity index (χ2v) is 9.47. The van der Waals surface area contributed by atoms with Crippen LogP contribution >= 0.6 is 11.8 Å². The lowest BCUT2D eigenvalue weighted by molar-refractivity contribution is -0.115. The molecule has 1 atom stereocenters. The minimum Gasteiger partial charge on any atom is -0.507 e. The summed E-state index contributed by atoms with van der Waals surface area (Å²) >= 11 is 0.894. The minimum atomic E-state index is -0.470. The molecule has 6 nitrogen and oxygen atoms in total. The molecule has 4 rings (SSSR count). The molecule has 2 heterocycles. The molecule has 0 spiro atoms. The van der Waals surface area contributed by atoms with Crippen LogP contribution in [-0.4, -0.2) is 28.5 Å². The summed E-state index contributed by atoms with van der Waals surface area (Å²) in [6.45, 7) is 10.3. The molecule has 31 heavy (non-hydrogen) atoms. The number of hydrogen-bond donors (Lipinski definition) is 2. The Kier molecular flexibility index (Phi) is 5.25. The van der Waals surface area contributed by atoms with Crippen LogP contribution < -0.4 is 14.8 Å². The molecule has 1 unspecified atom stereocenters. The third-order valence-corrected chi connectivity index (χ3v) is 6.86. The van der Waals surface area contributed by atoms with Crippen molar-refractivity contribution in [1.82, 2.24) is 5.32 Å². The fraction of sp³-hybridized carbons (Fsp3) is 0.333. The molecular formula is C24H25NO5S. The molecule has 7 heteroatoms. The standard InChI is InChI=1S/C24H25NO5S/c1-12-13(2)21-19(14(3)20(12)26)17(24(4,5)30-21)11-29-16-8-6-15(7-9-16)10-18-22(27)25-23(28)31-18/h6-10,17,26H,11H2,1-5H3,(H,25,27,28)/b18-10+. The van der Waals surface area contributed by atoms with E-state index in [-0.39, 0.29) is 17.1 Å². The summed E-state index contributed by atoms with van der Waals surface area (Å²) in [5.74, 6) is 1.43. The van der Waals surface area contributed by atoms with E-state index in [4.69, 9.17) is 9.47 Å². The number of amides is 2. The highest BCUT2D eigenvalue weighted by molar-refractivity contribution is 8.18. The van der Waals surface area contributed by atoms with Crippen LogP contribution in [0.1, 0.15) is 47.6 Å². The van der Waals surface area contributed by atoms with Crippen molar-refractivity contribution >= 4 is 29.0 Å². The van der Waals surface area contributed by atoms with Crippen molar-refractivity contribution in [3.8, 4) is 17.2 Å². The predicted molar refractivity (Wildman–Crippen MR) is 121 cm³/mol. The Morgan fingerprint density at radius 2 is 1.81 bits per heavy atom. The van der Waals surface area contributed by atoms with E-state index in [1.807, 2.05) is 58.9 Å². The minimum absolute atomic E-state index is 0.0425. The SMILES string of the molecule is Cc1c(C)c2c(c(C)c1O)C(COc1ccc(/C=C3/SC(=O)NC3=O)cc1)C(C)(C)O2. The molecule has 1 fully saturated rings. The van der Waals surface area contributed by atoms with Crippen molar-refractivity contribution in [3.05, 3.63) is 57.0 Å². The van der Waals surface area contributed by atoms with Crippen molar-refractivity contribution in [2.75, 3.05) is 6.61 Å². The fourth-order valence-electron chi connectivity index (χ4n) is 4.06. The summed E-state index contributed by atoms with van der Waals surface area (Å²) in [4.78, 5) is 23.4. The Morgan fingerprint density at radius 1 is 1.13 bits per heavy atom. The number of carbonyl (C=O) groups is 2. The largest absolute Gasteiger partial charge is 0.507 e. The Balaban J connectivity index is 1.53. The number of phenols is 1. The maximum atomic E-state index is 11.7. The van der Waals surface area contributed by atoms with E-state index in [9.17, 15) is 14.7 Å². The molecule has 2 N–H and O–H groups in total. The van der Waals surface area contributed by atoms with Gasteiger partial charge in [0.1, 0.15) is 22.8 Å². The summed E-state index contributed by atoms with van der Waals surface area (Å²) in [6, 6.07) is 7.35. The van der Waals surface area contributed by atoms with Gasteiger partial charge >= 0.3 is 0 Å². The van der Waals surface area contributed by atoms with E-state index in [1.165, 1.54) is 0 Å². The van der Waals surface area contributed by atoms with E-state index >= 15 is 0 Å². The number of fused-ring (bicyclic) bond motifs is 1. The van der Waals surface area contributed by atoms with Crippen LogP contribution in [0.2, 0.25) is 0 Å². The van der Waals surface area contributed by atoms with Crippen molar-refractivity contribution in [1.29, 1.82) is 0 Å². The average Bonchev–Trinajstić information content (AvgIpc) is 3.18. The van der Waals surface area contributed by atoms with Gasteiger partial charge < -0.3 is 14.6 Å². The van der Waals surface area contributed by atoms with Crippen LogP contribution in [0.25, 0.3) is 6.08 Å². The molecule has 2 aliphatic rings. The number of hydrogen-bond acceptors (Lipinski definition) is 6. The number of phenolic OH excluding ortho intramolecular Hbond substituents is 1. The highest BCUT2D eigenvalue weighted by Crippen LogP contribution is 2.51. The number of imide groups is 1. The van der Waals surface area contributed by atoms with Crippen LogP contribution in [0.5, 0.6) is 17.2 Å². The molecule has 2 amide bonds. The number of ether oxygens (including phenoxy) is 2. The molecule has 2 aromatic carbocycles. The fourth-order valence-corrected chi connectivity index (χ4v) is 4.74. The van der Waals surface area contributed by atoms with Crippen LogP contribution in [0.15, 0.2) is 29.2 Å². The van der Waals surface area contributed by atoms with Crippen LogP contribution in [-0.2, 0) is 4.79 Å². The van der Waals surface area contributed by atoms with Crippen LogP contribution in [0, 0.1) is 20.8 Å². The second kappa shape index (κ2) is 7.64. The number of nitrogens with one attached hydrogen (secondary N) is 1. The molecule has 0 radical (unpaired) electrons. The van der Waals surface area contributed by atoms with Crippen LogP contribution in [0.3, 0.4) is 0 Å². The van der Waals surface area contributed by atoms with Crippen molar-refractivity contribution in [2.45, 2.75) is 46.1 Å². The quantitative estimate of drug-likeness (QED) is 0.654. The van der Waals surface area contributed by atoms with Crippen molar-refractivity contribution in [2.24, 2.45) is 0 Å². The van der Waals surface area contributed by atoms with Gasteiger partial charge in [0, 0.05) is 5.56 Å². The zero-order chi connectivity index (χ0) is 22.5. The first kappa shape index (κ1) is 21.3. The smallest absolute Gasteiger partial charge is 0.290 e. The lowest BCUT2D eigenvalue weighted by atomic mass is 9.83. The second-order valence-electron chi connectivity index (χ2n) is 8.46. The van der Waals surface area contributed by atoms with Crippen molar-refractivity contribution in [3.63, 3.8) is 0 Å². The third-order valence-electron chi connectivity index (χ3n) is 6.05. The lowest BCUT2D eigenvalue weighted by Crippen LogP contribution is -2.34. The topological polar surface area (TPSA) is 84.9 Å². The first-order valence-corrected chi connectivity index (χ1v) is 10.9. The van der Waals surface area contributed by atoms with E-state index in [2.05, 4.69) is 5.32 Å². The zero-order valence-electron chi connectivity index (χ0n) is 18.2. The maximum absolute atomic E-state index is 11.7. The summed E-state index contributed by atoms with van der Waals surface area (Å²) in [7, 11) is 0. The van der Waals surface area contributed by atoms with E-state index in [1.54, 1.807) is 6.08 Å². The van der Waals surface area contributed by atoms with Gasteiger partial charge in [0.25, 0.3) is 11.1 Å². The molecule has 162 valence electrons. The zero-order valence-corrected chi connectivity index (χ0v) is 19.0. The third kappa shape index (κ3) is 3.78. The molecule has 2 aliphatic heterocycles. The summed E-state index contributed by atoms with van der Waals surface area (Å²) in [5.41, 5.74) is 3.97. The molecule has 0 aliphatic carbocycles. The highest BCUT2D eigenvalue weighted by Gasteiger charge is 2.44. The van der Waals surface area contributed by atoms with Crippen molar-refractivity contribution < 1.29 is 24.2 Å². The molecule has 1 saturated heterocycles. The number of thioether (sulfide) groups is 1. The summed E-state index contributed by atoms with van der Waals surface area (Å²) in [6.07, 6.45) is 1.68. The molecule has 0 saturated carbocycles. The van der Waals surface area contributed by atoms with Gasteiger partial charge in [-0.1, -0.05) is 12.1 Å². The van der Waals surface area contributed by atoms with Gasteiger partial charge in [0.15, 0.2) is 0 Å². The number of carbonyl (C=O) groups excluding carboxylic acids is 2. The first-order chi connectivity index (χ1) is 14.6. The van der Waals surface area contributed by atoms with Gasteiger partial charge in [-0.3, -0.25) is 14.9 Å². The predicted octanol–water partition coefficient (Wildman–Crippen LogP) is 4.97. The van der Waals surface area contributed by atoms with Gasteiger partial charge in [-0.25, -0.2) is 0 Å². The highest BCUT2D eigenvalue weighted by atomic mass is 32.2. The number of aromatic hydroxyl groups is 1. The van der Waals surface area contributed by atoms with E-state index < -0.39 is 5.60 Å². The maximum Gasteiger partial charge on any atom is 0.290 e. The van der Waals surface area contributed by atoms with E-state index in [0.717, 1.165) is 45.3 Å². The molecular weight excluding hydrogens is 414 g/mol. The lowest BCUT2D eigenvalue weighted by Gasteiger charge is -2.26. The van der Waals surface area contributed by atoms with Crippen LogP contribution in [0.4, 0.5) is 4.79 Å². The Hall–Kier alpha value is -2.93. The monoisotopic (exact) mass is 439 g/mol. The molecule has 2 aromatic rings.